The van der Waals surface area contributed by atoms with Gasteiger partial charge in [0.25, 0.3) is 0 Å². The van der Waals surface area contributed by atoms with Crippen molar-refractivity contribution < 1.29 is 4.39 Å². The van der Waals surface area contributed by atoms with Crippen molar-refractivity contribution in [2.24, 2.45) is 0 Å². The molecule has 2 saturated carbocycles. The van der Waals surface area contributed by atoms with Crippen LogP contribution < -0.4 is 20.5 Å². The molecule has 0 unspecified atom stereocenters. The number of nitrogens with one attached hydrogen (secondary N) is 1. The molecule has 0 bridgehead atoms. The summed E-state index contributed by atoms with van der Waals surface area (Å²) in [7, 11) is 0. The number of aromatic nitrogens is 3. The highest BCUT2D eigenvalue weighted by Crippen LogP contribution is 2.42. The molecule has 2 saturated heterocycles. The van der Waals surface area contributed by atoms with E-state index in [-0.39, 0.29) is 28.9 Å². The van der Waals surface area contributed by atoms with Gasteiger partial charge in [-0.2, -0.15) is 0 Å². The lowest BCUT2D eigenvalue weighted by atomic mass is 10.0. The number of hydrogen-bond acceptors (Lipinski definition) is 7. The molecule has 1 aromatic carbocycles. The Morgan fingerprint density at radius 3 is 2.63 bits per heavy atom. The average Bonchev–Trinajstić information content (AvgIpc) is 4.01. The Hall–Kier alpha value is -3.82. The standard InChI is InChI=1S/C37H44FN7O/c1-25-5-6-30(19-40-25)42-16-3-4-31(23-42)44(20-27-11-14-39-26(2)18-27)21-28-22-45(29-7-8-29)35-32(36(28)46)9-10-33(34(35)38)43-17-15-41-37(24-43)12-13-37/h5-6,9-11,14,18-19,22,29,31,41H,3-4,7-8,12-13,15-17,20-21,23-24H2,1-2H3/t31-/m0/s1. The van der Waals surface area contributed by atoms with Gasteiger partial charge in [-0.3, -0.25) is 19.7 Å². The van der Waals surface area contributed by atoms with E-state index in [0.717, 1.165) is 93.9 Å². The van der Waals surface area contributed by atoms with Crippen LogP contribution in [-0.4, -0.2) is 63.7 Å². The number of benzene rings is 1. The normalized spacial score (nSPS) is 21.0. The Bertz CT molecular complexity index is 1810. The Balaban J connectivity index is 1.15. The van der Waals surface area contributed by atoms with Gasteiger partial charge in [-0.15, -0.1) is 0 Å². The van der Waals surface area contributed by atoms with Crippen LogP contribution >= 0.6 is 0 Å². The molecule has 9 heteroatoms. The molecule has 1 atom stereocenters. The third-order valence-corrected chi connectivity index (χ3v) is 10.6. The van der Waals surface area contributed by atoms with Crippen LogP contribution in [0.2, 0.25) is 0 Å². The molecule has 2 aliphatic carbocycles. The number of pyridine rings is 3. The number of piperazine rings is 1. The van der Waals surface area contributed by atoms with E-state index in [1.54, 1.807) is 0 Å². The van der Waals surface area contributed by atoms with E-state index in [2.05, 4.69) is 58.8 Å². The lowest BCUT2D eigenvalue weighted by Gasteiger charge is -2.40. The number of hydrogen-bond donors (Lipinski definition) is 1. The quantitative estimate of drug-likeness (QED) is 0.279. The molecule has 4 aromatic rings. The predicted octanol–water partition coefficient (Wildman–Crippen LogP) is 5.50. The van der Waals surface area contributed by atoms with Crippen LogP contribution in [0.3, 0.4) is 0 Å². The fraction of sp³-hybridized carbons (Fsp3) is 0.486. The summed E-state index contributed by atoms with van der Waals surface area (Å²) in [5.74, 6) is -0.246. The zero-order valence-electron chi connectivity index (χ0n) is 27.0. The van der Waals surface area contributed by atoms with Crippen molar-refractivity contribution in [3.63, 3.8) is 0 Å². The van der Waals surface area contributed by atoms with Crippen LogP contribution in [-0.2, 0) is 13.1 Å². The summed E-state index contributed by atoms with van der Waals surface area (Å²) in [4.78, 5) is 30.3. The first-order valence-corrected chi connectivity index (χ1v) is 17.1. The summed E-state index contributed by atoms with van der Waals surface area (Å²) in [6, 6.07) is 12.7. The van der Waals surface area contributed by atoms with Gasteiger partial charge in [-0.25, -0.2) is 4.39 Å². The molecular formula is C37H44FN7O. The maximum Gasteiger partial charge on any atom is 0.193 e. The fourth-order valence-corrected chi connectivity index (χ4v) is 7.70. The Morgan fingerprint density at radius 1 is 1.00 bits per heavy atom. The second-order valence-corrected chi connectivity index (χ2v) is 14.2. The first-order chi connectivity index (χ1) is 22.4. The van der Waals surface area contributed by atoms with Crippen LogP contribution in [0.1, 0.15) is 67.1 Å². The highest BCUT2D eigenvalue weighted by Gasteiger charge is 2.46. The lowest BCUT2D eigenvalue weighted by Crippen LogP contribution is -2.52. The van der Waals surface area contributed by atoms with E-state index < -0.39 is 0 Å². The van der Waals surface area contributed by atoms with Crippen molar-refractivity contribution in [1.29, 1.82) is 0 Å². The Kier molecular flexibility index (Phi) is 7.56. The number of fused-ring (bicyclic) bond motifs is 1. The largest absolute Gasteiger partial charge is 0.369 e. The molecule has 8 rings (SSSR count). The van der Waals surface area contributed by atoms with Gasteiger partial charge in [0.05, 0.1) is 23.1 Å². The van der Waals surface area contributed by atoms with Crippen LogP contribution in [0.25, 0.3) is 10.9 Å². The van der Waals surface area contributed by atoms with Gasteiger partial charge in [0.2, 0.25) is 0 Å². The van der Waals surface area contributed by atoms with Crippen molar-refractivity contribution in [3.8, 4) is 0 Å². The summed E-state index contributed by atoms with van der Waals surface area (Å²) >= 11 is 0. The SMILES string of the molecule is Cc1ccc(N2CCC[C@H](N(Cc3ccnc(C)c3)Cc3cn(C4CC4)c4c(F)c(N5CCNC6(CC6)C5)ccc4c3=O)C2)cn1. The van der Waals surface area contributed by atoms with E-state index in [9.17, 15) is 4.79 Å². The summed E-state index contributed by atoms with van der Waals surface area (Å²) in [5, 5.41) is 4.13. The number of aryl methyl sites for hydroxylation is 2. The lowest BCUT2D eigenvalue weighted by molar-refractivity contribution is 0.158. The maximum absolute atomic E-state index is 16.5. The molecule has 1 spiro atoms. The third-order valence-electron chi connectivity index (χ3n) is 10.6. The van der Waals surface area contributed by atoms with Crippen LogP contribution in [0, 0.1) is 19.7 Å². The monoisotopic (exact) mass is 621 g/mol. The maximum atomic E-state index is 16.5. The summed E-state index contributed by atoms with van der Waals surface area (Å²) in [6.45, 7) is 9.57. The summed E-state index contributed by atoms with van der Waals surface area (Å²) < 4.78 is 18.6. The van der Waals surface area contributed by atoms with Crippen LogP contribution in [0.4, 0.5) is 15.8 Å². The molecular weight excluding hydrogens is 577 g/mol. The smallest absolute Gasteiger partial charge is 0.193 e. The Morgan fingerprint density at radius 2 is 1.87 bits per heavy atom. The highest BCUT2D eigenvalue weighted by atomic mass is 19.1. The van der Waals surface area contributed by atoms with Crippen LogP contribution in [0.15, 0.2) is 59.8 Å². The van der Waals surface area contributed by atoms with Crippen molar-refractivity contribution in [1.82, 2.24) is 24.8 Å². The van der Waals surface area contributed by atoms with Crippen molar-refractivity contribution in [2.45, 2.75) is 83.1 Å². The second kappa shape index (κ2) is 11.8. The third kappa shape index (κ3) is 5.79. The van der Waals surface area contributed by atoms with Crippen molar-refractivity contribution >= 4 is 22.3 Å². The summed E-state index contributed by atoms with van der Waals surface area (Å²) in [5.41, 5.74) is 6.25. The minimum Gasteiger partial charge on any atom is -0.369 e. The second-order valence-electron chi connectivity index (χ2n) is 14.2. The van der Waals surface area contributed by atoms with Gasteiger partial charge < -0.3 is 19.7 Å². The van der Waals surface area contributed by atoms with E-state index >= 15 is 4.39 Å². The molecule has 8 nitrogen and oxygen atoms in total. The van der Waals surface area contributed by atoms with E-state index in [4.69, 9.17) is 0 Å². The zero-order chi connectivity index (χ0) is 31.4. The molecule has 3 aromatic heterocycles. The number of nitrogens with zero attached hydrogens (tertiary/aromatic N) is 6. The average molecular weight is 622 g/mol. The van der Waals surface area contributed by atoms with Gasteiger partial charge in [0, 0.05) is 98.2 Å². The molecule has 0 radical (unpaired) electrons. The van der Waals surface area contributed by atoms with Gasteiger partial charge in [0.1, 0.15) is 0 Å². The minimum absolute atomic E-state index is 0.0531. The predicted molar refractivity (Wildman–Crippen MR) is 181 cm³/mol. The zero-order valence-corrected chi connectivity index (χ0v) is 27.0. The number of anilines is 2. The van der Waals surface area contributed by atoms with Crippen LogP contribution in [0.5, 0.6) is 0 Å². The topological polar surface area (TPSA) is 69.5 Å². The number of rotatable bonds is 8. The van der Waals surface area contributed by atoms with E-state index in [0.29, 0.717) is 29.7 Å². The molecule has 5 heterocycles. The molecule has 46 heavy (non-hydrogen) atoms. The molecule has 4 fully saturated rings. The van der Waals surface area contributed by atoms with Gasteiger partial charge in [-0.05, 0) is 94.3 Å². The number of halogens is 1. The molecule has 1 N–H and O–H groups in total. The van der Waals surface area contributed by atoms with Crippen molar-refractivity contribution in [2.75, 3.05) is 42.5 Å². The summed E-state index contributed by atoms with van der Waals surface area (Å²) in [6.07, 6.45) is 12.3. The molecule has 4 aliphatic rings. The minimum atomic E-state index is -0.246. The van der Waals surface area contributed by atoms with Crippen molar-refractivity contribution in [3.05, 3.63) is 93.5 Å². The van der Waals surface area contributed by atoms with Gasteiger partial charge in [0.15, 0.2) is 11.2 Å². The first-order valence-electron chi connectivity index (χ1n) is 17.1. The van der Waals surface area contributed by atoms with E-state index in [1.165, 1.54) is 5.56 Å². The van der Waals surface area contributed by atoms with Gasteiger partial charge in [-0.1, -0.05) is 0 Å². The molecule has 0 amide bonds. The fourth-order valence-electron chi connectivity index (χ4n) is 7.70. The molecule has 240 valence electrons. The highest BCUT2D eigenvalue weighted by molar-refractivity contribution is 5.84. The Labute approximate surface area is 270 Å². The van der Waals surface area contributed by atoms with E-state index in [1.807, 2.05) is 44.6 Å². The first kappa shape index (κ1) is 29.6. The number of piperidine rings is 1. The van der Waals surface area contributed by atoms with Gasteiger partial charge >= 0.3 is 0 Å². The molecule has 2 aliphatic heterocycles.